The highest BCUT2D eigenvalue weighted by atomic mass is 16.6. The molecule has 0 bridgehead atoms. The van der Waals surface area contributed by atoms with Gasteiger partial charge in [0.25, 0.3) is 0 Å². The summed E-state index contributed by atoms with van der Waals surface area (Å²) in [5.41, 5.74) is 2.48. The second-order valence-corrected chi connectivity index (χ2v) is 18.4. The third-order valence-electron chi connectivity index (χ3n) is 14.5. The predicted octanol–water partition coefficient (Wildman–Crippen LogP) is 13.3. The van der Waals surface area contributed by atoms with Crippen molar-refractivity contribution in [3.8, 4) is 0 Å². The van der Waals surface area contributed by atoms with E-state index in [2.05, 4.69) is 84.1 Å². The number of carbonyl (C=O) groups excluding carboxylic acids is 1. The molecule has 1 saturated heterocycles. The van der Waals surface area contributed by atoms with Crippen molar-refractivity contribution in [1.82, 2.24) is 0 Å². The summed E-state index contributed by atoms with van der Waals surface area (Å²) in [6, 6.07) is 0. The lowest BCUT2D eigenvalue weighted by Gasteiger charge is -2.58. The average Bonchev–Trinajstić information content (AvgIpc) is 3.73. The number of unbranched alkanes of at least 4 members (excludes halogenated alkanes) is 3. The first-order chi connectivity index (χ1) is 24.2. The van der Waals surface area contributed by atoms with Gasteiger partial charge in [0, 0.05) is 12.8 Å². The molecule has 5 aliphatic rings. The quantitative estimate of drug-likeness (QED) is 0.0553. The summed E-state index contributed by atoms with van der Waals surface area (Å²) in [5, 5.41) is 0. The van der Waals surface area contributed by atoms with E-state index in [0.717, 1.165) is 80.5 Å². The number of hydrogen-bond donors (Lipinski definition) is 0. The third-order valence-corrected chi connectivity index (χ3v) is 14.5. The van der Waals surface area contributed by atoms with Gasteiger partial charge >= 0.3 is 5.97 Å². The van der Waals surface area contributed by atoms with E-state index in [0.29, 0.717) is 29.5 Å². The summed E-state index contributed by atoms with van der Waals surface area (Å²) in [7, 11) is 0. The van der Waals surface area contributed by atoms with Crippen molar-refractivity contribution in [3.63, 3.8) is 0 Å². The van der Waals surface area contributed by atoms with Gasteiger partial charge in [-0.1, -0.05) is 128 Å². The number of esters is 1. The minimum Gasteiger partial charge on any atom is -0.462 e. The molecule has 3 saturated carbocycles. The molecule has 0 aromatic heterocycles. The second-order valence-electron chi connectivity index (χ2n) is 18.4. The number of hydrogen-bond acceptors (Lipinski definition) is 3. The Morgan fingerprint density at radius 3 is 2.44 bits per heavy atom. The standard InChI is InChI=1S/C47H76O3/c1-7-8-17-23-43-44(50-43)24-18-15-13-11-9-10-12-14-16-19-25-45(48)49-38-30-32-46(5)37(34-38)26-27-39-41-29-28-40(36(4)22-20-21-35(2)3)47(41,6)33-31-42(39)46/h9,11-12,14-15,18,26,35-36,38-44H,7-8,10,13,16-17,19-25,27-34H2,1-6H3/b11-9-,14-12-,18-15-/t36-,38+,39+,40-,41+,42+,43?,44?,46+,47-/m1/s1. The van der Waals surface area contributed by atoms with Crippen LogP contribution in [0.2, 0.25) is 0 Å². The van der Waals surface area contributed by atoms with Gasteiger partial charge < -0.3 is 9.47 Å². The van der Waals surface area contributed by atoms with Crippen molar-refractivity contribution < 1.29 is 14.3 Å². The molecule has 2 unspecified atom stereocenters. The van der Waals surface area contributed by atoms with Gasteiger partial charge in [0.15, 0.2) is 0 Å². The Hall–Kier alpha value is -1.61. The first-order valence-electron chi connectivity index (χ1n) is 21.6. The molecule has 282 valence electrons. The lowest BCUT2D eigenvalue weighted by atomic mass is 9.47. The molecule has 4 fully saturated rings. The van der Waals surface area contributed by atoms with Crippen LogP contribution in [-0.2, 0) is 14.3 Å². The molecule has 50 heavy (non-hydrogen) atoms. The molecule has 1 heterocycles. The SMILES string of the molecule is CCCCCC1OC1C/C=C\C/C=C\C/C=C\CCCC(=O)O[C@H]1CC[C@@]2(C)C(=CC[C@H]3[C@@H]4CC[C@H]([C@H](C)CCCC(C)C)[C@@]4(C)CC[C@@H]32)C1. The maximum absolute atomic E-state index is 12.8. The number of allylic oxidation sites excluding steroid dienone is 6. The summed E-state index contributed by atoms with van der Waals surface area (Å²) in [4.78, 5) is 12.8. The van der Waals surface area contributed by atoms with Gasteiger partial charge in [0.2, 0.25) is 0 Å². The van der Waals surface area contributed by atoms with Crippen molar-refractivity contribution in [2.45, 2.75) is 195 Å². The fraction of sp³-hybridized carbons (Fsp3) is 0.809. The summed E-state index contributed by atoms with van der Waals surface area (Å²) in [6.45, 7) is 14.9. The van der Waals surface area contributed by atoms with Gasteiger partial charge in [0.1, 0.15) is 6.10 Å². The van der Waals surface area contributed by atoms with E-state index in [9.17, 15) is 4.79 Å². The normalized spacial score (nSPS) is 35.7. The van der Waals surface area contributed by atoms with Crippen LogP contribution >= 0.6 is 0 Å². The van der Waals surface area contributed by atoms with E-state index in [1.165, 1.54) is 83.5 Å². The summed E-state index contributed by atoms with van der Waals surface area (Å²) >= 11 is 0. The second kappa shape index (κ2) is 18.9. The number of rotatable bonds is 20. The maximum Gasteiger partial charge on any atom is 0.306 e. The zero-order chi connectivity index (χ0) is 35.6. The molecular weight excluding hydrogens is 613 g/mol. The minimum absolute atomic E-state index is 0.00444. The average molecular weight is 689 g/mol. The van der Waals surface area contributed by atoms with E-state index in [-0.39, 0.29) is 12.1 Å². The van der Waals surface area contributed by atoms with Crippen molar-refractivity contribution in [2.75, 3.05) is 0 Å². The van der Waals surface area contributed by atoms with E-state index in [1.807, 2.05) is 0 Å². The number of epoxide rings is 1. The first kappa shape index (κ1) is 39.6. The van der Waals surface area contributed by atoms with Gasteiger partial charge in [-0.3, -0.25) is 4.79 Å². The Bertz CT molecular complexity index is 1180. The first-order valence-corrected chi connectivity index (χ1v) is 21.6. The van der Waals surface area contributed by atoms with Crippen LogP contribution in [0.25, 0.3) is 0 Å². The molecule has 1 aliphatic heterocycles. The molecule has 3 heteroatoms. The molecule has 0 amide bonds. The van der Waals surface area contributed by atoms with E-state index >= 15 is 0 Å². The number of fused-ring (bicyclic) bond motifs is 5. The van der Waals surface area contributed by atoms with Crippen LogP contribution in [0, 0.1) is 46.3 Å². The highest BCUT2D eigenvalue weighted by molar-refractivity contribution is 5.69. The fourth-order valence-electron chi connectivity index (χ4n) is 11.5. The van der Waals surface area contributed by atoms with Crippen molar-refractivity contribution >= 4 is 5.97 Å². The van der Waals surface area contributed by atoms with Crippen LogP contribution in [0.15, 0.2) is 48.1 Å². The Balaban J connectivity index is 0.963. The molecule has 0 N–H and O–H groups in total. The van der Waals surface area contributed by atoms with Crippen LogP contribution in [-0.4, -0.2) is 24.3 Å². The van der Waals surface area contributed by atoms with Gasteiger partial charge in [-0.05, 0) is 130 Å². The lowest BCUT2D eigenvalue weighted by molar-refractivity contribution is -0.151. The van der Waals surface area contributed by atoms with E-state index < -0.39 is 0 Å². The smallest absolute Gasteiger partial charge is 0.306 e. The molecule has 4 aliphatic carbocycles. The Labute approximate surface area is 308 Å². The number of ether oxygens (including phenoxy) is 2. The number of carbonyl (C=O) groups is 1. The molecule has 0 aromatic carbocycles. The summed E-state index contributed by atoms with van der Waals surface area (Å²) in [6.07, 6.45) is 42.1. The van der Waals surface area contributed by atoms with Gasteiger partial charge in [0.05, 0.1) is 12.2 Å². The largest absolute Gasteiger partial charge is 0.462 e. The zero-order valence-electron chi connectivity index (χ0n) is 33.3. The molecular formula is C47H76O3. The van der Waals surface area contributed by atoms with E-state index in [1.54, 1.807) is 5.57 Å². The van der Waals surface area contributed by atoms with E-state index in [4.69, 9.17) is 9.47 Å². The van der Waals surface area contributed by atoms with Gasteiger partial charge in [-0.25, -0.2) is 0 Å². The van der Waals surface area contributed by atoms with Crippen LogP contribution in [0.4, 0.5) is 0 Å². The monoisotopic (exact) mass is 689 g/mol. The molecule has 5 rings (SSSR count). The van der Waals surface area contributed by atoms with Crippen molar-refractivity contribution in [1.29, 1.82) is 0 Å². The molecule has 3 nitrogen and oxygen atoms in total. The van der Waals surface area contributed by atoms with Crippen molar-refractivity contribution in [3.05, 3.63) is 48.1 Å². The van der Waals surface area contributed by atoms with Gasteiger partial charge in [-0.15, -0.1) is 0 Å². The van der Waals surface area contributed by atoms with Crippen LogP contribution in [0.5, 0.6) is 0 Å². The molecule has 0 radical (unpaired) electrons. The van der Waals surface area contributed by atoms with Crippen LogP contribution in [0.3, 0.4) is 0 Å². The molecule has 10 atom stereocenters. The Kier molecular flexibility index (Phi) is 15.0. The summed E-state index contributed by atoms with van der Waals surface area (Å²) < 4.78 is 11.9. The van der Waals surface area contributed by atoms with Crippen LogP contribution < -0.4 is 0 Å². The Morgan fingerprint density at radius 2 is 1.66 bits per heavy atom. The topological polar surface area (TPSA) is 38.8 Å². The maximum atomic E-state index is 12.8. The highest BCUT2D eigenvalue weighted by Crippen LogP contribution is 2.67. The minimum atomic E-state index is 0.00444. The fourth-order valence-corrected chi connectivity index (χ4v) is 11.5. The lowest BCUT2D eigenvalue weighted by Crippen LogP contribution is -2.51. The van der Waals surface area contributed by atoms with Gasteiger partial charge in [-0.2, -0.15) is 0 Å². The molecule has 0 spiro atoms. The molecule has 0 aromatic rings. The third kappa shape index (κ3) is 10.3. The van der Waals surface area contributed by atoms with Crippen molar-refractivity contribution in [2.24, 2.45) is 46.3 Å². The highest BCUT2D eigenvalue weighted by Gasteiger charge is 2.59. The Morgan fingerprint density at radius 1 is 0.880 bits per heavy atom. The summed E-state index contributed by atoms with van der Waals surface area (Å²) in [5.74, 6) is 5.20. The predicted molar refractivity (Wildman–Crippen MR) is 211 cm³/mol. The zero-order valence-corrected chi connectivity index (χ0v) is 33.3. The van der Waals surface area contributed by atoms with Crippen LogP contribution in [0.1, 0.15) is 176 Å².